The fourth-order valence-electron chi connectivity index (χ4n) is 3.43. The summed E-state index contributed by atoms with van der Waals surface area (Å²) in [7, 11) is 0. The standard InChI is InChI=1S/C16H32N2O/c1-4-13(10-11-17)6-9-16(19)18-15-8-7-14(5-2)12(15)3/h12-15H,4-11,17H2,1-3H3,(H,18,19). The Morgan fingerprint density at radius 2 is 2.05 bits per heavy atom. The van der Waals surface area contributed by atoms with Gasteiger partial charge < -0.3 is 11.1 Å². The first-order chi connectivity index (χ1) is 9.12. The molecule has 0 radical (unpaired) electrons. The maximum absolute atomic E-state index is 12.0. The smallest absolute Gasteiger partial charge is 0.220 e. The van der Waals surface area contributed by atoms with Gasteiger partial charge >= 0.3 is 0 Å². The Bertz CT molecular complexity index is 267. The Labute approximate surface area is 118 Å². The molecule has 0 bridgehead atoms. The summed E-state index contributed by atoms with van der Waals surface area (Å²) in [5.74, 6) is 2.29. The first-order valence-corrected chi connectivity index (χ1v) is 8.11. The Morgan fingerprint density at radius 1 is 1.32 bits per heavy atom. The van der Waals surface area contributed by atoms with Crippen LogP contribution in [-0.4, -0.2) is 18.5 Å². The zero-order valence-corrected chi connectivity index (χ0v) is 13.0. The Hall–Kier alpha value is -0.570. The third-order valence-corrected chi connectivity index (χ3v) is 5.03. The van der Waals surface area contributed by atoms with Crippen molar-refractivity contribution in [2.75, 3.05) is 6.54 Å². The quantitative estimate of drug-likeness (QED) is 0.711. The third kappa shape index (κ3) is 5.13. The maximum atomic E-state index is 12.0. The van der Waals surface area contributed by atoms with Crippen LogP contribution in [0.2, 0.25) is 0 Å². The molecule has 0 spiro atoms. The molecule has 3 N–H and O–H groups in total. The maximum Gasteiger partial charge on any atom is 0.220 e. The lowest BCUT2D eigenvalue weighted by Crippen LogP contribution is -2.37. The van der Waals surface area contributed by atoms with E-state index in [1.54, 1.807) is 0 Å². The summed E-state index contributed by atoms with van der Waals surface area (Å²) in [6.45, 7) is 7.46. The molecule has 3 heteroatoms. The van der Waals surface area contributed by atoms with Gasteiger partial charge in [-0.25, -0.2) is 0 Å². The van der Waals surface area contributed by atoms with Gasteiger partial charge in [0.1, 0.15) is 0 Å². The minimum atomic E-state index is 0.240. The molecular formula is C16H32N2O. The van der Waals surface area contributed by atoms with Crippen molar-refractivity contribution in [1.82, 2.24) is 5.32 Å². The monoisotopic (exact) mass is 268 g/mol. The minimum Gasteiger partial charge on any atom is -0.353 e. The van der Waals surface area contributed by atoms with Crippen LogP contribution >= 0.6 is 0 Å². The average Bonchev–Trinajstić information content (AvgIpc) is 2.75. The first-order valence-electron chi connectivity index (χ1n) is 8.11. The van der Waals surface area contributed by atoms with E-state index in [1.165, 1.54) is 12.8 Å². The van der Waals surface area contributed by atoms with Crippen molar-refractivity contribution in [3.8, 4) is 0 Å². The van der Waals surface area contributed by atoms with Gasteiger partial charge in [-0.05, 0) is 50.0 Å². The summed E-state index contributed by atoms with van der Waals surface area (Å²) in [6.07, 6.45) is 7.49. The van der Waals surface area contributed by atoms with Gasteiger partial charge in [-0.1, -0.05) is 33.6 Å². The van der Waals surface area contributed by atoms with E-state index in [0.29, 0.717) is 24.3 Å². The third-order valence-electron chi connectivity index (χ3n) is 5.03. The predicted octanol–water partition coefficient (Wildman–Crippen LogP) is 3.08. The van der Waals surface area contributed by atoms with Crippen molar-refractivity contribution in [1.29, 1.82) is 0 Å². The van der Waals surface area contributed by atoms with Crippen LogP contribution in [0.15, 0.2) is 0 Å². The number of rotatable bonds is 8. The normalized spacial score (nSPS) is 28.3. The molecule has 0 heterocycles. The van der Waals surface area contributed by atoms with Crippen LogP contribution in [0, 0.1) is 17.8 Å². The Balaban J connectivity index is 2.28. The van der Waals surface area contributed by atoms with Gasteiger partial charge in [0.15, 0.2) is 0 Å². The highest BCUT2D eigenvalue weighted by molar-refractivity contribution is 5.76. The molecule has 0 aromatic carbocycles. The Morgan fingerprint density at radius 3 is 2.58 bits per heavy atom. The number of nitrogens with one attached hydrogen (secondary N) is 1. The zero-order chi connectivity index (χ0) is 14.3. The number of amides is 1. The van der Waals surface area contributed by atoms with Crippen LogP contribution in [0.4, 0.5) is 0 Å². The second-order valence-electron chi connectivity index (χ2n) is 6.17. The fraction of sp³-hybridized carbons (Fsp3) is 0.938. The topological polar surface area (TPSA) is 55.1 Å². The van der Waals surface area contributed by atoms with Crippen molar-refractivity contribution >= 4 is 5.91 Å². The molecule has 1 fully saturated rings. The van der Waals surface area contributed by atoms with Crippen molar-refractivity contribution in [2.45, 2.75) is 71.8 Å². The van der Waals surface area contributed by atoms with Gasteiger partial charge in [-0.15, -0.1) is 0 Å². The van der Waals surface area contributed by atoms with Crippen LogP contribution < -0.4 is 11.1 Å². The summed E-state index contributed by atoms with van der Waals surface area (Å²) in [5, 5.41) is 3.24. The van der Waals surface area contributed by atoms with E-state index in [1.807, 2.05) is 0 Å². The lowest BCUT2D eigenvalue weighted by Gasteiger charge is -2.21. The van der Waals surface area contributed by atoms with Crippen molar-refractivity contribution < 1.29 is 4.79 Å². The molecule has 1 aliphatic carbocycles. The number of carbonyl (C=O) groups is 1. The molecule has 0 aromatic rings. The van der Waals surface area contributed by atoms with Crippen molar-refractivity contribution in [2.24, 2.45) is 23.5 Å². The molecule has 4 atom stereocenters. The van der Waals surface area contributed by atoms with Crippen molar-refractivity contribution in [3.05, 3.63) is 0 Å². The molecule has 112 valence electrons. The van der Waals surface area contributed by atoms with E-state index in [4.69, 9.17) is 5.73 Å². The molecule has 0 aliphatic heterocycles. The molecule has 0 saturated heterocycles. The Kier molecular flexibility index (Phi) is 7.44. The summed E-state index contributed by atoms with van der Waals surface area (Å²) >= 11 is 0. The lowest BCUT2D eigenvalue weighted by atomic mass is 9.93. The van der Waals surface area contributed by atoms with Crippen LogP contribution in [0.3, 0.4) is 0 Å². The van der Waals surface area contributed by atoms with Gasteiger partial charge in [0.25, 0.3) is 0 Å². The van der Waals surface area contributed by atoms with Crippen LogP contribution in [0.25, 0.3) is 0 Å². The highest BCUT2D eigenvalue weighted by Crippen LogP contribution is 2.33. The molecule has 0 aromatic heterocycles. The van der Waals surface area contributed by atoms with E-state index in [-0.39, 0.29) is 5.91 Å². The summed E-state index contributed by atoms with van der Waals surface area (Å²) in [5.41, 5.74) is 5.59. The van der Waals surface area contributed by atoms with Crippen LogP contribution in [0.5, 0.6) is 0 Å². The second-order valence-corrected chi connectivity index (χ2v) is 6.17. The molecule has 1 saturated carbocycles. The van der Waals surface area contributed by atoms with E-state index in [0.717, 1.165) is 38.1 Å². The number of hydrogen-bond donors (Lipinski definition) is 2. The van der Waals surface area contributed by atoms with E-state index in [2.05, 4.69) is 26.1 Å². The average molecular weight is 268 g/mol. The predicted molar refractivity (Wildman–Crippen MR) is 80.8 cm³/mol. The van der Waals surface area contributed by atoms with Gasteiger partial charge in [0.2, 0.25) is 5.91 Å². The largest absolute Gasteiger partial charge is 0.353 e. The molecule has 1 rings (SSSR count). The van der Waals surface area contributed by atoms with Crippen LogP contribution in [0.1, 0.15) is 65.7 Å². The number of hydrogen-bond acceptors (Lipinski definition) is 2. The minimum absolute atomic E-state index is 0.240. The number of nitrogens with two attached hydrogens (primary N) is 1. The SMILES string of the molecule is CCC(CCN)CCC(=O)NC1CCC(CC)C1C. The molecule has 19 heavy (non-hydrogen) atoms. The van der Waals surface area contributed by atoms with Crippen LogP contribution in [-0.2, 0) is 4.79 Å². The van der Waals surface area contributed by atoms with E-state index >= 15 is 0 Å². The summed E-state index contributed by atoms with van der Waals surface area (Å²) in [4.78, 5) is 12.0. The van der Waals surface area contributed by atoms with E-state index < -0.39 is 0 Å². The highest BCUT2D eigenvalue weighted by atomic mass is 16.1. The molecule has 1 aliphatic rings. The van der Waals surface area contributed by atoms with Gasteiger partial charge in [0.05, 0.1) is 0 Å². The van der Waals surface area contributed by atoms with Gasteiger partial charge in [0, 0.05) is 12.5 Å². The first kappa shape index (κ1) is 16.5. The summed E-state index contributed by atoms with van der Waals surface area (Å²) in [6, 6.07) is 0.409. The highest BCUT2D eigenvalue weighted by Gasteiger charge is 2.32. The lowest BCUT2D eigenvalue weighted by molar-refractivity contribution is -0.122. The second kappa shape index (κ2) is 8.57. The molecule has 1 amide bonds. The van der Waals surface area contributed by atoms with E-state index in [9.17, 15) is 4.79 Å². The molecule has 4 unspecified atom stereocenters. The van der Waals surface area contributed by atoms with Gasteiger partial charge in [-0.2, -0.15) is 0 Å². The summed E-state index contributed by atoms with van der Waals surface area (Å²) < 4.78 is 0. The zero-order valence-electron chi connectivity index (χ0n) is 13.0. The fourth-order valence-corrected chi connectivity index (χ4v) is 3.43. The number of carbonyl (C=O) groups excluding carboxylic acids is 1. The van der Waals surface area contributed by atoms with Gasteiger partial charge in [-0.3, -0.25) is 4.79 Å². The van der Waals surface area contributed by atoms with Crippen molar-refractivity contribution in [3.63, 3.8) is 0 Å². The molecule has 3 nitrogen and oxygen atoms in total. The molecular weight excluding hydrogens is 236 g/mol.